The highest BCUT2D eigenvalue weighted by atomic mass is 35.5. The lowest BCUT2D eigenvalue weighted by Gasteiger charge is -2.22. The molecule has 0 bridgehead atoms. The maximum atomic E-state index is 13.2. The molecule has 1 heterocycles. The number of nitrogens with one attached hydrogen (secondary N) is 2. The van der Waals surface area contributed by atoms with E-state index < -0.39 is 17.5 Å². The maximum absolute atomic E-state index is 13.2. The Hall–Kier alpha value is -2.86. The first-order chi connectivity index (χ1) is 14.4. The summed E-state index contributed by atoms with van der Waals surface area (Å²) in [5.41, 5.74) is 3.29. The molecule has 1 spiro atoms. The molecule has 6 nitrogen and oxygen atoms in total. The third-order valence-corrected chi connectivity index (χ3v) is 6.42. The van der Waals surface area contributed by atoms with Gasteiger partial charge in [-0.25, -0.2) is 4.79 Å². The molecule has 4 amide bonds. The molecular weight excluding hydrogens is 402 g/mol. The number of amides is 4. The summed E-state index contributed by atoms with van der Waals surface area (Å²) < 4.78 is 0. The second kappa shape index (κ2) is 7.76. The van der Waals surface area contributed by atoms with E-state index in [9.17, 15) is 14.4 Å². The molecule has 1 atom stereocenters. The van der Waals surface area contributed by atoms with Crippen molar-refractivity contribution in [3.05, 3.63) is 63.7 Å². The third kappa shape index (κ3) is 3.16. The van der Waals surface area contributed by atoms with Gasteiger partial charge in [-0.05, 0) is 54.0 Å². The summed E-state index contributed by atoms with van der Waals surface area (Å²) in [7, 11) is 0. The molecule has 1 unspecified atom stereocenters. The largest absolute Gasteiger partial charge is 0.325 e. The SMILES string of the molecule is CCc1ccc(Cl)c(CC)c1NC(=O)CN1C(=O)NC2(CCc3ccccc32)C1=O. The lowest BCUT2D eigenvalue weighted by molar-refractivity contribution is -0.134. The first-order valence-corrected chi connectivity index (χ1v) is 10.6. The molecule has 1 aliphatic carbocycles. The van der Waals surface area contributed by atoms with Crippen LogP contribution in [0.5, 0.6) is 0 Å². The molecule has 7 heteroatoms. The molecule has 2 N–H and O–H groups in total. The van der Waals surface area contributed by atoms with Gasteiger partial charge in [0, 0.05) is 10.7 Å². The number of aryl methyl sites for hydroxylation is 2. The van der Waals surface area contributed by atoms with Gasteiger partial charge in [0.05, 0.1) is 0 Å². The molecule has 2 aromatic carbocycles. The van der Waals surface area contributed by atoms with E-state index in [1.165, 1.54) is 0 Å². The van der Waals surface area contributed by atoms with Crippen LogP contribution in [0.3, 0.4) is 0 Å². The molecule has 156 valence electrons. The van der Waals surface area contributed by atoms with Crippen molar-refractivity contribution in [1.29, 1.82) is 0 Å². The molecule has 2 aromatic rings. The van der Waals surface area contributed by atoms with Crippen LogP contribution in [0.1, 0.15) is 42.5 Å². The Bertz CT molecular complexity index is 1050. The second-order valence-corrected chi connectivity index (χ2v) is 8.11. The Morgan fingerprint density at radius 1 is 1.17 bits per heavy atom. The number of hydrogen-bond donors (Lipinski definition) is 2. The Balaban J connectivity index is 1.56. The highest BCUT2D eigenvalue weighted by Gasteiger charge is 2.55. The number of halogens is 1. The quantitative estimate of drug-likeness (QED) is 0.715. The van der Waals surface area contributed by atoms with Crippen molar-refractivity contribution < 1.29 is 14.4 Å². The van der Waals surface area contributed by atoms with Gasteiger partial charge in [0.1, 0.15) is 12.1 Å². The third-order valence-electron chi connectivity index (χ3n) is 6.06. The zero-order valence-electron chi connectivity index (χ0n) is 17.0. The number of carbonyl (C=O) groups is 3. The summed E-state index contributed by atoms with van der Waals surface area (Å²) in [5.74, 6) is -0.793. The van der Waals surface area contributed by atoms with E-state index in [1.54, 1.807) is 0 Å². The molecule has 1 fully saturated rings. The van der Waals surface area contributed by atoms with Crippen molar-refractivity contribution in [1.82, 2.24) is 10.2 Å². The predicted octanol–water partition coefficient (Wildman–Crippen LogP) is 3.80. The van der Waals surface area contributed by atoms with Crippen LogP contribution < -0.4 is 10.6 Å². The maximum Gasteiger partial charge on any atom is 0.325 e. The smallest absolute Gasteiger partial charge is 0.324 e. The van der Waals surface area contributed by atoms with Crippen molar-refractivity contribution >= 4 is 35.1 Å². The molecule has 1 aliphatic heterocycles. The fourth-order valence-electron chi connectivity index (χ4n) is 4.52. The van der Waals surface area contributed by atoms with Gasteiger partial charge in [0.25, 0.3) is 5.91 Å². The predicted molar refractivity (Wildman–Crippen MR) is 116 cm³/mol. The van der Waals surface area contributed by atoms with Gasteiger partial charge in [-0.2, -0.15) is 0 Å². The highest BCUT2D eigenvalue weighted by molar-refractivity contribution is 6.32. The Morgan fingerprint density at radius 2 is 1.93 bits per heavy atom. The standard InChI is InChI=1S/C23H24ClN3O3/c1-3-14-9-10-18(24)16(4-2)20(14)25-19(28)13-27-21(29)23(26-22(27)30)12-11-15-7-5-6-8-17(15)23/h5-10H,3-4,11-13H2,1-2H3,(H,25,28)(H,26,30). The van der Waals surface area contributed by atoms with Gasteiger partial charge >= 0.3 is 6.03 Å². The van der Waals surface area contributed by atoms with E-state index in [4.69, 9.17) is 11.6 Å². The number of urea groups is 1. The van der Waals surface area contributed by atoms with Crippen LogP contribution in [-0.4, -0.2) is 29.3 Å². The number of imide groups is 1. The van der Waals surface area contributed by atoms with Crippen molar-refractivity contribution in [2.75, 3.05) is 11.9 Å². The number of benzene rings is 2. The zero-order valence-corrected chi connectivity index (χ0v) is 17.8. The van der Waals surface area contributed by atoms with Gasteiger partial charge in [-0.1, -0.05) is 55.8 Å². The van der Waals surface area contributed by atoms with Crippen LogP contribution >= 0.6 is 11.6 Å². The summed E-state index contributed by atoms with van der Waals surface area (Å²) in [4.78, 5) is 39.7. The molecule has 0 radical (unpaired) electrons. The Morgan fingerprint density at radius 3 is 2.67 bits per heavy atom. The van der Waals surface area contributed by atoms with E-state index in [2.05, 4.69) is 10.6 Å². The minimum absolute atomic E-state index is 0.340. The summed E-state index contributed by atoms with van der Waals surface area (Å²) in [5, 5.41) is 6.32. The topological polar surface area (TPSA) is 78.5 Å². The van der Waals surface area contributed by atoms with E-state index in [1.807, 2.05) is 50.2 Å². The molecule has 0 saturated carbocycles. The van der Waals surface area contributed by atoms with E-state index in [0.717, 1.165) is 33.6 Å². The van der Waals surface area contributed by atoms with Crippen LogP contribution in [-0.2, 0) is 34.4 Å². The van der Waals surface area contributed by atoms with Crippen LogP contribution in [0.2, 0.25) is 5.02 Å². The van der Waals surface area contributed by atoms with Crippen molar-refractivity contribution in [3.8, 4) is 0 Å². The van der Waals surface area contributed by atoms with Crippen molar-refractivity contribution in [2.45, 2.75) is 45.1 Å². The summed E-state index contributed by atoms with van der Waals surface area (Å²) >= 11 is 6.31. The lowest BCUT2D eigenvalue weighted by atomic mass is 9.92. The monoisotopic (exact) mass is 425 g/mol. The summed E-state index contributed by atoms with van der Waals surface area (Å²) in [6, 6.07) is 10.8. The normalized spacial score (nSPS) is 19.9. The average molecular weight is 426 g/mol. The Kier molecular flexibility index (Phi) is 5.28. The zero-order chi connectivity index (χ0) is 21.5. The number of nitrogens with zero attached hydrogens (tertiary/aromatic N) is 1. The number of anilines is 1. The molecular formula is C23H24ClN3O3. The van der Waals surface area contributed by atoms with E-state index in [-0.39, 0.29) is 12.5 Å². The number of fused-ring (bicyclic) bond motifs is 2. The molecule has 30 heavy (non-hydrogen) atoms. The van der Waals surface area contributed by atoms with Gasteiger partial charge in [-0.3, -0.25) is 14.5 Å². The fourth-order valence-corrected chi connectivity index (χ4v) is 4.81. The number of rotatable bonds is 5. The van der Waals surface area contributed by atoms with Gasteiger partial charge in [0.2, 0.25) is 5.91 Å². The summed E-state index contributed by atoms with van der Waals surface area (Å²) in [6.45, 7) is 3.62. The first kappa shape index (κ1) is 20.4. The lowest BCUT2D eigenvalue weighted by Crippen LogP contribution is -2.43. The minimum atomic E-state index is -1.06. The Labute approximate surface area is 180 Å². The minimum Gasteiger partial charge on any atom is -0.324 e. The number of carbonyl (C=O) groups excluding carboxylic acids is 3. The fraction of sp³-hybridized carbons (Fsp3) is 0.348. The molecule has 2 aliphatic rings. The van der Waals surface area contributed by atoms with Crippen molar-refractivity contribution in [3.63, 3.8) is 0 Å². The average Bonchev–Trinajstić information content (AvgIpc) is 3.22. The van der Waals surface area contributed by atoms with Crippen LogP contribution in [0.25, 0.3) is 0 Å². The van der Waals surface area contributed by atoms with Crippen LogP contribution in [0, 0.1) is 0 Å². The molecule has 1 saturated heterocycles. The van der Waals surface area contributed by atoms with Gasteiger partial charge in [0.15, 0.2) is 0 Å². The summed E-state index contributed by atoms with van der Waals surface area (Å²) in [6.07, 6.45) is 2.60. The van der Waals surface area contributed by atoms with Gasteiger partial charge in [-0.15, -0.1) is 0 Å². The van der Waals surface area contributed by atoms with Gasteiger partial charge < -0.3 is 10.6 Å². The molecule has 0 aromatic heterocycles. The number of hydrogen-bond acceptors (Lipinski definition) is 3. The molecule has 4 rings (SSSR count). The van der Waals surface area contributed by atoms with Crippen LogP contribution in [0.4, 0.5) is 10.5 Å². The van der Waals surface area contributed by atoms with Crippen LogP contribution in [0.15, 0.2) is 36.4 Å². The van der Waals surface area contributed by atoms with E-state index >= 15 is 0 Å². The van der Waals surface area contributed by atoms with E-state index in [0.29, 0.717) is 30.0 Å². The first-order valence-electron chi connectivity index (χ1n) is 10.2. The van der Waals surface area contributed by atoms with Crippen molar-refractivity contribution in [2.24, 2.45) is 0 Å². The second-order valence-electron chi connectivity index (χ2n) is 7.70. The highest BCUT2D eigenvalue weighted by Crippen LogP contribution is 2.41.